The van der Waals surface area contributed by atoms with Crippen molar-refractivity contribution < 1.29 is 8.42 Å². The fraction of sp³-hybridized carbons (Fsp3) is 1.00. The number of hydrogen-bond acceptors (Lipinski definition) is 3. The van der Waals surface area contributed by atoms with E-state index < -0.39 is 9.84 Å². The molecular weight excluding hydrogens is 222 g/mol. The van der Waals surface area contributed by atoms with E-state index in [0.717, 1.165) is 25.8 Å². The van der Waals surface area contributed by atoms with Crippen LogP contribution in [0.15, 0.2) is 0 Å². The molecule has 1 N–H and O–H groups in total. The summed E-state index contributed by atoms with van der Waals surface area (Å²) < 4.78 is 24.2. The fourth-order valence-corrected chi connectivity index (χ4v) is 4.47. The summed E-state index contributed by atoms with van der Waals surface area (Å²) >= 11 is 0. The molecule has 0 aromatic heterocycles. The maximum absolute atomic E-state index is 12.1. The van der Waals surface area contributed by atoms with Crippen molar-refractivity contribution in [1.29, 1.82) is 0 Å². The number of sulfone groups is 1. The minimum atomic E-state index is -2.93. The normalized spacial score (nSPS) is 30.2. The van der Waals surface area contributed by atoms with Crippen molar-refractivity contribution in [2.24, 2.45) is 5.41 Å². The van der Waals surface area contributed by atoms with Gasteiger partial charge < -0.3 is 5.32 Å². The molecule has 0 heterocycles. The lowest BCUT2D eigenvalue weighted by molar-refractivity contribution is 0.210. The molecule has 0 saturated heterocycles. The Morgan fingerprint density at radius 2 is 1.94 bits per heavy atom. The monoisotopic (exact) mass is 247 g/mol. The van der Waals surface area contributed by atoms with E-state index in [4.69, 9.17) is 0 Å². The molecule has 2 unspecified atom stereocenters. The Hall–Kier alpha value is -0.0900. The Morgan fingerprint density at radius 1 is 1.31 bits per heavy atom. The van der Waals surface area contributed by atoms with Gasteiger partial charge in [0.25, 0.3) is 0 Å². The van der Waals surface area contributed by atoms with Crippen LogP contribution in [0.3, 0.4) is 0 Å². The third-order valence-corrected chi connectivity index (χ3v) is 5.89. The van der Waals surface area contributed by atoms with Crippen LogP contribution < -0.4 is 5.32 Å². The second kappa shape index (κ2) is 5.05. The summed E-state index contributed by atoms with van der Waals surface area (Å²) in [6, 6.07) is 0.156. The van der Waals surface area contributed by atoms with E-state index in [1.165, 1.54) is 0 Å². The molecule has 1 aliphatic rings. The van der Waals surface area contributed by atoms with Gasteiger partial charge in [-0.3, -0.25) is 0 Å². The number of hydrogen-bond donors (Lipinski definition) is 1. The standard InChI is InChI=1S/C12H25NO2S/c1-5-13-10-7-8-12(3,4)9-11(10)16(14,15)6-2/h10-11,13H,5-9H2,1-4H3. The van der Waals surface area contributed by atoms with Crippen LogP contribution in [-0.2, 0) is 9.84 Å². The first kappa shape index (κ1) is 14.0. The van der Waals surface area contributed by atoms with Crippen molar-refractivity contribution in [3.8, 4) is 0 Å². The Bertz CT molecular complexity index is 322. The van der Waals surface area contributed by atoms with E-state index in [-0.39, 0.29) is 22.5 Å². The van der Waals surface area contributed by atoms with Gasteiger partial charge in [0.2, 0.25) is 0 Å². The van der Waals surface area contributed by atoms with E-state index in [1.807, 2.05) is 6.92 Å². The van der Waals surface area contributed by atoms with Crippen LogP contribution in [0, 0.1) is 5.41 Å². The molecule has 1 rings (SSSR count). The van der Waals surface area contributed by atoms with Crippen LogP contribution in [0.1, 0.15) is 47.0 Å². The summed E-state index contributed by atoms with van der Waals surface area (Å²) in [4.78, 5) is 0. The highest BCUT2D eigenvalue weighted by Crippen LogP contribution is 2.38. The van der Waals surface area contributed by atoms with E-state index in [2.05, 4.69) is 19.2 Å². The van der Waals surface area contributed by atoms with Gasteiger partial charge in [-0.2, -0.15) is 0 Å². The van der Waals surface area contributed by atoms with Gasteiger partial charge in [-0.1, -0.05) is 27.7 Å². The van der Waals surface area contributed by atoms with Crippen molar-refractivity contribution in [2.75, 3.05) is 12.3 Å². The average Bonchev–Trinajstić information content (AvgIpc) is 2.20. The van der Waals surface area contributed by atoms with Gasteiger partial charge in [0.05, 0.1) is 5.25 Å². The topological polar surface area (TPSA) is 46.2 Å². The Morgan fingerprint density at radius 3 is 2.44 bits per heavy atom. The van der Waals surface area contributed by atoms with Gasteiger partial charge in [0.15, 0.2) is 9.84 Å². The molecule has 0 aromatic carbocycles. The zero-order chi connectivity index (χ0) is 12.4. The summed E-state index contributed by atoms with van der Waals surface area (Å²) in [5.74, 6) is 0.260. The van der Waals surface area contributed by atoms with Gasteiger partial charge in [-0.05, 0) is 31.2 Å². The second-order valence-corrected chi connectivity index (χ2v) is 8.07. The highest BCUT2D eigenvalue weighted by atomic mass is 32.2. The van der Waals surface area contributed by atoms with Crippen molar-refractivity contribution in [3.05, 3.63) is 0 Å². The third kappa shape index (κ3) is 3.20. The van der Waals surface area contributed by atoms with E-state index in [1.54, 1.807) is 6.92 Å². The van der Waals surface area contributed by atoms with Crippen LogP contribution in [0.4, 0.5) is 0 Å². The quantitative estimate of drug-likeness (QED) is 0.826. The zero-order valence-electron chi connectivity index (χ0n) is 10.9. The highest BCUT2D eigenvalue weighted by molar-refractivity contribution is 7.92. The molecule has 2 atom stereocenters. The molecule has 4 heteroatoms. The number of rotatable bonds is 4. The second-order valence-electron chi connectivity index (χ2n) is 5.56. The van der Waals surface area contributed by atoms with Crippen molar-refractivity contribution in [3.63, 3.8) is 0 Å². The molecule has 0 aliphatic heterocycles. The van der Waals surface area contributed by atoms with E-state index in [0.29, 0.717) is 0 Å². The lowest BCUT2D eigenvalue weighted by atomic mass is 9.75. The molecule has 0 amide bonds. The van der Waals surface area contributed by atoms with Crippen LogP contribution in [-0.4, -0.2) is 32.0 Å². The molecule has 0 aromatic rings. The average molecular weight is 247 g/mol. The largest absolute Gasteiger partial charge is 0.313 e. The first-order chi connectivity index (χ1) is 7.32. The van der Waals surface area contributed by atoms with Crippen LogP contribution in [0.25, 0.3) is 0 Å². The van der Waals surface area contributed by atoms with Gasteiger partial charge in [-0.15, -0.1) is 0 Å². The molecule has 16 heavy (non-hydrogen) atoms. The summed E-state index contributed by atoms with van der Waals surface area (Å²) in [6.45, 7) is 8.98. The van der Waals surface area contributed by atoms with Gasteiger partial charge >= 0.3 is 0 Å². The Kier molecular flexibility index (Phi) is 4.41. The third-order valence-electron chi connectivity index (χ3n) is 3.66. The molecule has 96 valence electrons. The zero-order valence-corrected chi connectivity index (χ0v) is 11.7. The first-order valence-corrected chi connectivity index (χ1v) is 7.99. The van der Waals surface area contributed by atoms with E-state index >= 15 is 0 Å². The summed E-state index contributed by atoms with van der Waals surface area (Å²) in [7, 11) is -2.93. The summed E-state index contributed by atoms with van der Waals surface area (Å²) in [6.07, 6.45) is 2.88. The molecule has 1 aliphatic carbocycles. The molecule has 0 radical (unpaired) electrons. The lowest BCUT2D eigenvalue weighted by Crippen LogP contribution is -2.50. The minimum absolute atomic E-state index is 0.156. The first-order valence-electron chi connectivity index (χ1n) is 6.27. The van der Waals surface area contributed by atoms with Gasteiger partial charge in [0, 0.05) is 11.8 Å². The summed E-state index contributed by atoms with van der Waals surface area (Å²) in [5.41, 5.74) is 0.166. The van der Waals surface area contributed by atoms with Gasteiger partial charge in [0.1, 0.15) is 0 Å². The van der Waals surface area contributed by atoms with Crippen LogP contribution in [0.5, 0.6) is 0 Å². The lowest BCUT2D eigenvalue weighted by Gasteiger charge is -2.40. The Balaban J connectivity index is 2.88. The maximum atomic E-state index is 12.1. The molecule has 1 saturated carbocycles. The molecular formula is C12H25NO2S. The molecule has 0 bridgehead atoms. The molecule has 0 spiro atoms. The van der Waals surface area contributed by atoms with Gasteiger partial charge in [-0.25, -0.2) is 8.42 Å². The van der Waals surface area contributed by atoms with Crippen LogP contribution >= 0.6 is 0 Å². The fourth-order valence-electron chi connectivity index (χ4n) is 2.61. The molecule has 1 fully saturated rings. The smallest absolute Gasteiger partial charge is 0.154 e. The minimum Gasteiger partial charge on any atom is -0.313 e. The van der Waals surface area contributed by atoms with E-state index in [9.17, 15) is 8.42 Å². The predicted molar refractivity (Wildman–Crippen MR) is 68.3 cm³/mol. The predicted octanol–water partition coefficient (Wildman–Crippen LogP) is 1.98. The van der Waals surface area contributed by atoms with Crippen molar-refractivity contribution >= 4 is 9.84 Å². The van der Waals surface area contributed by atoms with Crippen molar-refractivity contribution in [2.45, 2.75) is 58.2 Å². The maximum Gasteiger partial charge on any atom is 0.154 e. The Labute approximate surface area is 99.9 Å². The summed E-state index contributed by atoms with van der Waals surface area (Å²) in [5, 5.41) is 3.14. The molecule has 3 nitrogen and oxygen atoms in total. The van der Waals surface area contributed by atoms with Crippen molar-refractivity contribution in [1.82, 2.24) is 5.32 Å². The number of nitrogens with one attached hydrogen (secondary N) is 1. The SMILES string of the molecule is CCNC1CCC(C)(C)CC1S(=O)(=O)CC. The van der Waals surface area contributed by atoms with Crippen LogP contribution in [0.2, 0.25) is 0 Å². The highest BCUT2D eigenvalue weighted by Gasteiger charge is 2.40.